The average molecular weight is 500 g/mol. The van der Waals surface area contributed by atoms with Crippen molar-refractivity contribution in [2.24, 2.45) is 0 Å². The maximum absolute atomic E-state index is 13.5. The number of aromatic nitrogens is 3. The van der Waals surface area contributed by atoms with Crippen molar-refractivity contribution in [1.29, 1.82) is 0 Å². The predicted octanol–water partition coefficient (Wildman–Crippen LogP) is 5.73. The summed E-state index contributed by atoms with van der Waals surface area (Å²) in [6.45, 7) is 1.65. The number of benzene rings is 2. The first-order valence-electron chi connectivity index (χ1n) is 12.3. The van der Waals surface area contributed by atoms with Crippen LogP contribution in [0, 0.1) is 0 Å². The van der Waals surface area contributed by atoms with Crippen LogP contribution in [0.2, 0.25) is 5.02 Å². The molecule has 182 valence electrons. The molecule has 3 heterocycles. The zero-order valence-electron chi connectivity index (χ0n) is 19.8. The summed E-state index contributed by atoms with van der Waals surface area (Å²) in [6, 6.07) is 15.9. The van der Waals surface area contributed by atoms with Crippen molar-refractivity contribution >= 4 is 23.5 Å². The molecule has 0 spiro atoms. The van der Waals surface area contributed by atoms with E-state index in [-0.39, 0.29) is 11.9 Å². The summed E-state index contributed by atoms with van der Waals surface area (Å²) in [5, 5.41) is 0.710. The summed E-state index contributed by atoms with van der Waals surface area (Å²) < 4.78 is 5.36. The maximum atomic E-state index is 13.5. The fourth-order valence-corrected chi connectivity index (χ4v) is 5.01. The number of carbonyl (C=O) groups excluding carboxylic acids is 1. The summed E-state index contributed by atoms with van der Waals surface area (Å²) in [5.41, 5.74) is 3.63. The van der Waals surface area contributed by atoms with Gasteiger partial charge in [0.1, 0.15) is 0 Å². The number of carbonyl (C=O) groups is 1. The third-order valence-electron chi connectivity index (χ3n) is 6.98. The fourth-order valence-electron chi connectivity index (χ4n) is 4.89. The van der Waals surface area contributed by atoms with Gasteiger partial charge in [0.15, 0.2) is 12.2 Å². The number of piperidine rings is 1. The zero-order valence-corrected chi connectivity index (χ0v) is 20.5. The molecule has 1 amide bonds. The molecule has 8 heteroatoms. The highest BCUT2D eigenvalue weighted by molar-refractivity contribution is 6.30. The maximum Gasteiger partial charge on any atom is 0.254 e. The molecule has 0 radical (unpaired) electrons. The second kappa shape index (κ2) is 9.74. The summed E-state index contributed by atoms with van der Waals surface area (Å²) in [5.74, 6) is 1.55. The van der Waals surface area contributed by atoms with Gasteiger partial charge in [-0.2, -0.15) is 0 Å². The molecule has 0 atom stereocenters. The normalized spacial score (nSPS) is 16.2. The monoisotopic (exact) mass is 499 g/mol. The summed E-state index contributed by atoms with van der Waals surface area (Å²) in [6.07, 6.45) is 10.8. The molecule has 6 rings (SSSR count). The SMILES string of the molecule is O=C(c1ccc(-c2cnco2)cc1)N(C1CC1)C1CCN(c2ncc(-c3ccc(Cl)cc3)cn2)CC1. The topological polar surface area (TPSA) is 75.4 Å². The minimum absolute atomic E-state index is 0.114. The molecule has 1 aliphatic carbocycles. The second-order valence-electron chi connectivity index (χ2n) is 9.38. The van der Waals surface area contributed by atoms with Crippen LogP contribution in [0.15, 0.2) is 77.9 Å². The highest BCUT2D eigenvalue weighted by Crippen LogP contribution is 2.34. The lowest BCUT2D eigenvalue weighted by Crippen LogP contribution is -2.48. The van der Waals surface area contributed by atoms with Crippen molar-refractivity contribution in [3.05, 3.63) is 84.1 Å². The van der Waals surface area contributed by atoms with Gasteiger partial charge < -0.3 is 14.2 Å². The summed E-state index contributed by atoms with van der Waals surface area (Å²) >= 11 is 5.99. The molecule has 1 saturated carbocycles. The van der Waals surface area contributed by atoms with Crippen molar-refractivity contribution in [3.8, 4) is 22.5 Å². The molecular weight excluding hydrogens is 474 g/mol. The molecule has 0 unspecified atom stereocenters. The second-order valence-corrected chi connectivity index (χ2v) is 9.82. The highest BCUT2D eigenvalue weighted by Gasteiger charge is 2.39. The van der Waals surface area contributed by atoms with Crippen LogP contribution in [0.4, 0.5) is 5.95 Å². The molecule has 0 N–H and O–H groups in total. The van der Waals surface area contributed by atoms with E-state index in [0.717, 1.165) is 61.4 Å². The van der Waals surface area contributed by atoms with Crippen molar-refractivity contribution < 1.29 is 9.21 Å². The average Bonchev–Trinajstić information content (AvgIpc) is 3.60. The number of halogens is 1. The third-order valence-corrected chi connectivity index (χ3v) is 7.23. The van der Waals surface area contributed by atoms with Gasteiger partial charge in [0, 0.05) is 59.3 Å². The minimum atomic E-state index is 0.114. The lowest BCUT2D eigenvalue weighted by molar-refractivity contribution is 0.0630. The first-order chi connectivity index (χ1) is 17.7. The van der Waals surface area contributed by atoms with Crippen LogP contribution in [0.3, 0.4) is 0 Å². The largest absolute Gasteiger partial charge is 0.444 e. The standard InChI is InChI=1S/C28H26ClN5O2/c29-23-7-5-19(6-8-23)22-15-31-28(32-16-22)33-13-11-25(12-14-33)34(24-9-10-24)27(35)21-3-1-20(2-4-21)26-17-30-18-36-26/h1-8,15-18,24-25H,9-14H2. The van der Waals surface area contributed by atoms with E-state index < -0.39 is 0 Å². The van der Waals surface area contributed by atoms with Gasteiger partial charge in [-0.25, -0.2) is 15.0 Å². The van der Waals surface area contributed by atoms with Crippen molar-refractivity contribution in [3.63, 3.8) is 0 Å². The molecule has 1 aliphatic heterocycles. The molecule has 2 aromatic carbocycles. The molecule has 2 aromatic heterocycles. The van der Waals surface area contributed by atoms with Gasteiger partial charge in [-0.05, 0) is 55.5 Å². The Hall–Kier alpha value is -3.71. The van der Waals surface area contributed by atoms with Crippen LogP contribution < -0.4 is 4.90 Å². The molecule has 2 aliphatic rings. The first-order valence-corrected chi connectivity index (χ1v) is 12.7. The van der Waals surface area contributed by atoms with E-state index in [2.05, 4.69) is 24.8 Å². The van der Waals surface area contributed by atoms with E-state index in [9.17, 15) is 4.79 Å². The molecule has 1 saturated heterocycles. The van der Waals surface area contributed by atoms with E-state index in [0.29, 0.717) is 22.4 Å². The van der Waals surface area contributed by atoms with Gasteiger partial charge in [-0.1, -0.05) is 35.9 Å². The Kier molecular flexibility index (Phi) is 6.15. The fraction of sp³-hybridized carbons (Fsp3) is 0.286. The lowest BCUT2D eigenvalue weighted by Gasteiger charge is -2.39. The summed E-state index contributed by atoms with van der Waals surface area (Å²) in [7, 11) is 0. The lowest BCUT2D eigenvalue weighted by atomic mass is 10.0. The van der Waals surface area contributed by atoms with Crippen LogP contribution in [0.25, 0.3) is 22.5 Å². The quantitative estimate of drug-likeness (QED) is 0.337. The van der Waals surface area contributed by atoms with Crippen molar-refractivity contribution in [2.45, 2.75) is 37.8 Å². The van der Waals surface area contributed by atoms with Crippen LogP contribution >= 0.6 is 11.6 Å². The Morgan fingerprint density at radius 2 is 1.47 bits per heavy atom. The van der Waals surface area contributed by atoms with Gasteiger partial charge >= 0.3 is 0 Å². The number of rotatable bonds is 6. The van der Waals surface area contributed by atoms with E-state index in [1.807, 2.05) is 60.9 Å². The number of anilines is 1. The Labute approximate surface area is 214 Å². The predicted molar refractivity (Wildman–Crippen MR) is 139 cm³/mol. The van der Waals surface area contributed by atoms with E-state index in [1.165, 1.54) is 6.39 Å². The number of hydrogen-bond donors (Lipinski definition) is 0. The number of nitrogens with zero attached hydrogens (tertiary/aromatic N) is 5. The van der Waals surface area contributed by atoms with Gasteiger partial charge in [0.2, 0.25) is 5.95 Å². The molecule has 2 fully saturated rings. The first kappa shape index (κ1) is 22.7. The molecular formula is C28H26ClN5O2. The van der Waals surface area contributed by atoms with Gasteiger partial charge in [-0.3, -0.25) is 4.79 Å². The number of oxazole rings is 1. The van der Waals surface area contributed by atoms with Crippen LogP contribution in [0.5, 0.6) is 0 Å². The number of amides is 1. The van der Waals surface area contributed by atoms with Crippen LogP contribution in [-0.2, 0) is 0 Å². The highest BCUT2D eigenvalue weighted by atomic mass is 35.5. The molecule has 0 bridgehead atoms. The van der Waals surface area contributed by atoms with Gasteiger partial charge in [-0.15, -0.1) is 0 Å². The number of hydrogen-bond acceptors (Lipinski definition) is 6. The molecule has 4 aromatic rings. The zero-order chi connectivity index (χ0) is 24.5. The van der Waals surface area contributed by atoms with Crippen molar-refractivity contribution in [2.75, 3.05) is 18.0 Å². The smallest absolute Gasteiger partial charge is 0.254 e. The third kappa shape index (κ3) is 4.71. The Bertz CT molecular complexity index is 1310. The molecule has 36 heavy (non-hydrogen) atoms. The van der Waals surface area contributed by atoms with E-state index in [1.54, 1.807) is 6.20 Å². The van der Waals surface area contributed by atoms with Gasteiger partial charge in [0.05, 0.1) is 6.20 Å². The minimum Gasteiger partial charge on any atom is -0.444 e. The molecule has 7 nitrogen and oxygen atoms in total. The van der Waals surface area contributed by atoms with E-state index in [4.69, 9.17) is 16.0 Å². The summed E-state index contributed by atoms with van der Waals surface area (Å²) in [4.78, 5) is 31.1. The van der Waals surface area contributed by atoms with Gasteiger partial charge in [0.25, 0.3) is 5.91 Å². The Balaban J connectivity index is 1.11. The van der Waals surface area contributed by atoms with E-state index >= 15 is 0 Å². The Morgan fingerprint density at radius 1 is 0.833 bits per heavy atom. The van der Waals surface area contributed by atoms with Crippen LogP contribution in [0.1, 0.15) is 36.0 Å². The van der Waals surface area contributed by atoms with Crippen LogP contribution in [-0.4, -0.2) is 50.9 Å². The van der Waals surface area contributed by atoms with Crippen molar-refractivity contribution in [1.82, 2.24) is 19.9 Å². The Morgan fingerprint density at radius 3 is 2.08 bits per heavy atom.